The van der Waals surface area contributed by atoms with E-state index in [9.17, 15) is 15.0 Å². The highest BCUT2D eigenvalue weighted by molar-refractivity contribution is 5.83. The van der Waals surface area contributed by atoms with Crippen LogP contribution in [0, 0.1) is 35.0 Å². The molecule has 0 aromatic rings. The lowest BCUT2D eigenvalue weighted by Crippen LogP contribution is -2.48. The van der Waals surface area contributed by atoms with Crippen molar-refractivity contribution >= 4 is 5.78 Å². The maximum Gasteiger partial charge on any atom is 0.161 e. The van der Waals surface area contributed by atoms with Gasteiger partial charge in [0.05, 0.1) is 6.10 Å². The fraction of sp³-hybridized carbons (Fsp3) is 0.857. The summed E-state index contributed by atoms with van der Waals surface area (Å²) in [7, 11) is 0. The maximum absolute atomic E-state index is 12.3. The third-order valence-electron chi connectivity index (χ3n) is 8.36. The molecule has 4 rings (SSSR count). The van der Waals surface area contributed by atoms with Gasteiger partial charge in [-0.05, 0) is 87.4 Å². The lowest BCUT2D eigenvalue weighted by Gasteiger charge is -2.54. The number of allylic oxidation sites excluding steroid dienone is 1. The first kappa shape index (κ1) is 16.8. The minimum atomic E-state index is -0.287. The first-order valence-corrected chi connectivity index (χ1v) is 9.96. The maximum atomic E-state index is 12.3. The van der Waals surface area contributed by atoms with E-state index < -0.39 is 0 Å². The number of carbonyl (C=O) groups is 1. The predicted molar refractivity (Wildman–Crippen MR) is 93.3 cm³/mol. The van der Waals surface area contributed by atoms with E-state index in [2.05, 4.69) is 13.8 Å². The molecule has 2 N–H and O–H groups in total. The first-order valence-electron chi connectivity index (χ1n) is 9.96. The van der Waals surface area contributed by atoms with Crippen molar-refractivity contribution in [3.8, 4) is 0 Å². The highest BCUT2D eigenvalue weighted by atomic mass is 16.3. The topological polar surface area (TPSA) is 57.5 Å². The van der Waals surface area contributed by atoms with Crippen LogP contribution in [0.5, 0.6) is 0 Å². The summed E-state index contributed by atoms with van der Waals surface area (Å²) in [6, 6.07) is 0. The van der Waals surface area contributed by atoms with Crippen LogP contribution in [-0.2, 0) is 4.79 Å². The number of carbonyl (C=O) groups excluding carboxylic acids is 1. The number of hydrogen-bond donors (Lipinski definition) is 2. The fourth-order valence-corrected chi connectivity index (χ4v) is 7.25. The Morgan fingerprint density at radius 1 is 1.12 bits per heavy atom. The van der Waals surface area contributed by atoms with Crippen molar-refractivity contribution in [1.29, 1.82) is 0 Å². The Bertz CT molecular complexity index is 565. The highest BCUT2D eigenvalue weighted by Gasteiger charge is 2.57. The van der Waals surface area contributed by atoms with Crippen LogP contribution < -0.4 is 0 Å². The Labute approximate surface area is 145 Å². The summed E-state index contributed by atoms with van der Waals surface area (Å²) in [6.07, 6.45) is 8.54. The van der Waals surface area contributed by atoms with Gasteiger partial charge in [0.15, 0.2) is 5.78 Å². The van der Waals surface area contributed by atoms with Crippen LogP contribution in [0.15, 0.2) is 11.1 Å². The van der Waals surface area contributed by atoms with Crippen LogP contribution in [0.4, 0.5) is 0 Å². The Morgan fingerprint density at radius 3 is 2.67 bits per heavy atom. The van der Waals surface area contributed by atoms with Gasteiger partial charge in [0, 0.05) is 5.92 Å². The van der Waals surface area contributed by atoms with Crippen LogP contribution >= 0.6 is 0 Å². The molecule has 4 aliphatic rings. The van der Waals surface area contributed by atoms with Gasteiger partial charge in [0.1, 0.15) is 6.61 Å². The number of aliphatic hydroxyl groups is 2. The highest BCUT2D eigenvalue weighted by Crippen LogP contribution is 2.64. The average Bonchev–Trinajstić information content (AvgIpc) is 2.92. The van der Waals surface area contributed by atoms with E-state index in [4.69, 9.17) is 0 Å². The number of hydrogen-bond acceptors (Lipinski definition) is 3. The van der Waals surface area contributed by atoms with Gasteiger partial charge in [-0.2, -0.15) is 0 Å². The minimum absolute atomic E-state index is 0.0722. The molecule has 3 saturated carbocycles. The molecule has 0 aromatic carbocycles. The predicted octanol–water partition coefficient (Wildman–Crippen LogP) is 3.49. The normalized spacial score (nSPS) is 47.8. The zero-order chi connectivity index (χ0) is 17.1. The molecule has 3 nitrogen and oxygen atoms in total. The summed E-state index contributed by atoms with van der Waals surface area (Å²) >= 11 is 0. The van der Waals surface area contributed by atoms with Crippen LogP contribution in [0.1, 0.15) is 65.2 Å². The summed E-state index contributed by atoms with van der Waals surface area (Å²) in [4.78, 5) is 12.3. The monoisotopic (exact) mass is 332 g/mol. The standard InChI is InChI=1S/C21H32O3/c1-12-9-17-15(14-4-3-13(23)10-16(12)14)7-8-21(2)18(17)5-6-19(21)20(24)11-22/h13-15,17-19,22-23H,3-11H2,1-2H3. The molecule has 0 saturated heterocycles. The Hall–Kier alpha value is -0.670. The SMILES string of the molecule is CC1=C2CC(O)CCC2C2CCC3(C)C(C(=O)CO)CCC3C2C1. The minimum Gasteiger partial charge on any atom is -0.393 e. The van der Waals surface area contributed by atoms with Crippen molar-refractivity contribution in [1.82, 2.24) is 0 Å². The molecule has 4 aliphatic carbocycles. The molecule has 134 valence electrons. The van der Waals surface area contributed by atoms with Crippen molar-refractivity contribution in [2.75, 3.05) is 6.61 Å². The van der Waals surface area contributed by atoms with Crippen LogP contribution in [0.2, 0.25) is 0 Å². The molecule has 3 fully saturated rings. The number of ketones is 1. The molecule has 7 unspecified atom stereocenters. The zero-order valence-electron chi connectivity index (χ0n) is 15.1. The van der Waals surface area contributed by atoms with Gasteiger partial charge < -0.3 is 10.2 Å². The van der Waals surface area contributed by atoms with Crippen molar-refractivity contribution in [2.24, 2.45) is 35.0 Å². The molecular weight excluding hydrogens is 300 g/mol. The van der Waals surface area contributed by atoms with E-state index >= 15 is 0 Å². The number of rotatable bonds is 2. The van der Waals surface area contributed by atoms with E-state index in [1.54, 1.807) is 5.57 Å². The Balaban J connectivity index is 1.63. The van der Waals surface area contributed by atoms with E-state index in [1.807, 2.05) is 0 Å². The summed E-state index contributed by atoms with van der Waals surface area (Å²) < 4.78 is 0. The molecule has 0 heterocycles. The van der Waals surface area contributed by atoms with E-state index in [0.717, 1.165) is 44.4 Å². The average molecular weight is 332 g/mol. The van der Waals surface area contributed by atoms with Crippen LogP contribution in [-0.4, -0.2) is 28.7 Å². The van der Waals surface area contributed by atoms with Crippen molar-refractivity contribution in [2.45, 2.75) is 71.3 Å². The second-order valence-electron chi connectivity index (χ2n) is 9.28. The lowest BCUT2D eigenvalue weighted by molar-refractivity contribution is -0.131. The van der Waals surface area contributed by atoms with Gasteiger partial charge in [-0.1, -0.05) is 18.1 Å². The van der Waals surface area contributed by atoms with Gasteiger partial charge in [-0.25, -0.2) is 0 Å². The molecule has 7 atom stereocenters. The summed E-state index contributed by atoms with van der Waals surface area (Å²) in [5.74, 6) is 2.95. The van der Waals surface area contributed by atoms with Gasteiger partial charge in [0.25, 0.3) is 0 Å². The molecular formula is C21H32O3. The smallest absolute Gasteiger partial charge is 0.161 e. The van der Waals surface area contributed by atoms with Crippen molar-refractivity contribution < 1.29 is 15.0 Å². The molecule has 0 aliphatic heterocycles. The van der Waals surface area contributed by atoms with Crippen LogP contribution in [0.25, 0.3) is 0 Å². The van der Waals surface area contributed by atoms with E-state index in [1.165, 1.54) is 18.4 Å². The second kappa shape index (κ2) is 5.95. The van der Waals surface area contributed by atoms with Crippen molar-refractivity contribution in [3.05, 3.63) is 11.1 Å². The third kappa shape index (κ3) is 2.34. The molecule has 0 aromatic heterocycles. The summed E-state index contributed by atoms with van der Waals surface area (Å²) in [5.41, 5.74) is 3.20. The van der Waals surface area contributed by atoms with Crippen molar-refractivity contribution in [3.63, 3.8) is 0 Å². The first-order chi connectivity index (χ1) is 11.5. The number of fused-ring (bicyclic) bond motifs is 5. The number of aliphatic hydroxyl groups excluding tert-OH is 2. The molecule has 0 radical (unpaired) electrons. The van der Waals surface area contributed by atoms with Gasteiger partial charge in [0.2, 0.25) is 0 Å². The molecule has 0 spiro atoms. The molecule has 0 amide bonds. The van der Waals surface area contributed by atoms with E-state index in [-0.39, 0.29) is 29.8 Å². The van der Waals surface area contributed by atoms with Gasteiger partial charge in [-0.3, -0.25) is 4.79 Å². The fourth-order valence-electron chi connectivity index (χ4n) is 7.25. The molecule has 0 bridgehead atoms. The van der Waals surface area contributed by atoms with Gasteiger partial charge >= 0.3 is 0 Å². The summed E-state index contributed by atoms with van der Waals surface area (Å²) in [5, 5.41) is 19.5. The lowest BCUT2D eigenvalue weighted by atomic mass is 9.50. The van der Waals surface area contributed by atoms with Gasteiger partial charge in [-0.15, -0.1) is 0 Å². The second-order valence-corrected chi connectivity index (χ2v) is 9.28. The zero-order valence-corrected chi connectivity index (χ0v) is 15.1. The van der Waals surface area contributed by atoms with Crippen LogP contribution in [0.3, 0.4) is 0 Å². The molecule has 24 heavy (non-hydrogen) atoms. The largest absolute Gasteiger partial charge is 0.393 e. The Kier molecular flexibility index (Phi) is 4.16. The number of Topliss-reactive ketones (excluding diaryl/α,β-unsaturated/α-hetero) is 1. The molecule has 3 heteroatoms. The van der Waals surface area contributed by atoms with E-state index in [0.29, 0.717) is 17.8 Å². The summed E-state index contributed by atoms with van der Waals surface area (Å²) in [6.45, 7) is 4.33. The third-order valence-corrected chi connectivity index (χ3v) is 8.36. The Morgan fingerprint density at radius 2 is 1.92 bits per heavy atom. The quantitative estimate of drug-likeness (QED) is 0.761.